The number of rotatable bonds is 3. The SMILES string of the molecule is O=C(O)[C@@H](c1ccc2ccccc2c1)C1(O)CCCCC1. The number of carboxylic acid groups (broad SMARTS) is 1. The van der Waals surface area contributed by atoms with Gasteiger partial charge in [0.1, 0.15) is 5.92 Å². The molecule has 0 spiro atoms. The second-order valence-corrected chi connectivity index (χ2v) is 6.04. The second kappa shape index (κ2) is 5.49. The van der Waals surface area contributed by atoms with Gasteiger partial charge >= 0.3 is 5.97 Å². The molecule has 1 fully saturated rings. The van der Waals surface area contributed by atoms with E-state index in [4.69, 9.17) is 0 Å². The Balaban J connectivity index is 2.04. The normalized spacial score (nSPS) is 19.3. The Bertz CT molecular complexity index is 656. The summed E-state index contributed by atoms with van der Waals surface area (Å²) < 4.78 is 0. The van der Waals surface area contributed by atoms with Gasteiger partial charge in [-0.05, 0) is 29.2 Å². The number of fused-ring (bicyclic) bond motifs is 1. The summed E-state index contributed by atoms with van der Waals surface area (Å²) in [6.07, 6.45) is 4.00. The Hall–Kier alpha value is -1.87. The number of carbonyl (C=O) groups is 1. The van der Waals surface area contributed by atoms with E-state index >= 15 is 0 Å². The van der Waals surface area contributed by atoms with Crippen LogP contribution in [0.3, 0.4) is 0 Å². The molecule has 0 unspecified atom stereocenters. The fourth-order valence-electron chi connectivity index (χ4n) is 3.52. The fraction of sp³-hybridized carbons (Fsp3) is 0.389. The van der Waals surface area contributed by atoms with Crippen LogP contribution in [-0.2, 0) is 4.79 Å². The van der Waals surface area contributed by atoms with Crippen molar-refractivity contribution in [1.82, 2.24) is 0 Å². The van der Waals surface area contributed by atoms with E-state index in [0.29, 0.717) is 18.4 Å². The van der Waals surface area contributed by atoms with E-state index in [0.717, 1.165) is 30.0 Å². The maximum Gasteiger partial charge on any atom is 0.313 e. The van der Waals surface area contributed by atoms with E-state index in [1.165, 1.54) is 0 Å². The molecule has 3 rings (SSSR count). The highest BCUT2D eigenvalue weighted by Gasteiger charge is 2.43. The van der Waals surface area contributed by atoms with Crippen molar-refractivity contribution in [3.05, 3.63) is 48.0 Å². The van der Waals surface area contributed by atoms with E-state index in [2.05, 4.69) is 0 Å². The zero-order chi connectivity index (χ0) is 14.9. The molecule has 1 aliphatic carbocycles. The third kappa shape index (κ3) is 2.66. The largest absolute Gasteiger partial charge is 0.481 e. The van der Waals surface area contributed by atoms with Gasteiger partial charge in [0.05, 0.1) is 5.60 Å². The zero-order valence-corrected chi connectivity index (χ0v) is 12.0. The van der Waals surface area contributed by atoms with Crippen LogP contribution in [0, 0.1) is 0 Å². The van der Waals surface area contributed by atoms with Gasteiger partial charge in [-0.15, -0.1) is 0 Å². The minimum Gasteiger partial charge on any atom is -0.481 e. The monoisotopic (exact) mass is 284 g/mol. The quantitative estimate of drug-likeness (QED) is 0.903. The summed E-state index contributed by atoms with van der Waals surface area (Å²) in [5.74, 6) is -1.78. The molecule has 2 aromatic rings. The van der Waals surface area contributed by atoms with Crippen molar-refractivity contribution in [2.45, 2.75) is 43.6 Å². The Morgan fingerprint density at radius 3 is 2.33 bits per heavy atom. The minimum atomic E-state index is -1.12. The van der Waals surface area contributed by atoms with Crippen LogP contribution in [0.25, 0.3) is 10.8 Å². The highest BCUT2D eigenvalue weighted by Crippen LogP contribution is 2.40. The van der Waals surface area contributed by atoms with E-state index in [-0.39, 0.29) is 0 Å². The first-order valence-corrected chi connectivity index (χ1v) is 7.54. The molecule has 21 heavy (non-hydrogen) atoms. The molecule has 0 saturated heterocycles. The molecule has 1 saturated carbocycles. The van der Waals surface area contributed by atoms with Crippen molar-refractivity contribution < 1.29 is 15.0 Å². The van der Waals surface area contributed by atoms with Gasteiger partial charge in [0.15, 0.2) is 0 Å². The lowest BCUT2D eigenvalue weighted by molar-refractivity contribution is -0.147. The smallest absolute Gasteiger partial charge is 0.313 e. The van der Waals surface area contributed by atoms with Gasteiger partial charge in [-0.1, -0.05) is 61.7 Å². The maximum absolute atomic E-state index is 11.8. The summed E-state index contributed by atoms with van der Waals surface area (Å²) in [7, 11) is 0. The van der Waals surface area contributed by atoms with Crippen molar-refractivity contribution in [3.63, 3.8) is 0 Å². The van der Waals surface area contributed by atoms with Crippen molar-refractivity contribution in [2.75, 3.05) is 0 Å². The number of benzene rings is 2. The first kappa shape index (κ1) is 14.1. The van der Waals surface area contributed by atoms with Gasteiger partial charge in [0.25, 0.3) is 0 Å². The molecule has 2 aromatic carbocycles. The highest BCUT2D eigenvalue weighted by atomic mass is 16.4. The van der Waals surface area contributed by atoms with Crippen molar-refractivity contribution in [3.8, 4) is 0 Å². The highest BCUT2D eigenvalue weighted by molar-refractivity contribution is 5.86. The Morgan fingerprint density at radius 1 is 1.00 bits per heavy atom. The van der Waals surface area contributed by atoms with Gasteiger partial charge < -0.3 is 10.2 Å². The summed E-state index contributed by atoms with van der Waals surface area (Å²) >= 11 is 0. The average molecular weight is 284 g/mol. The first-order valence-electron chi connectivity index (χ1n) is 7.54. The van der Waals surface area contributed by atoms with E-state index < -0.39 is 17.5 Å². The summed E-state index contributed by atoms with van der Waals surface area (Å²) in [6.45, 7) is 0. The Morgan fingerprint density at radius 2 is 1.67 bits per heavy atom. The Labute approximate surface area is 124 Å². The molecular weight excluding hydrogens is 264 g/mol. The average Bonchev–Trinajstić information content (AvgIpc) is 2.47. The summed E-state index contributed by atoms with van der Waals surface area (Å²) in [4.78, 5) is 11.8. The summed E-state index contributed by atoms with van der Waals surface area (Å²) in [5, 5.41) is 22.6. The van der Waals surface area contributed by atoms with Crippen LogP contribution in [0.15, 0.2) is 42.5 Å². The molecule has 1 aliphatic rings. The van der Waals surface area contributed by atoms with Crippen LogP contribution in [-0.4, -0.2) is 21.8 Å². The summed E-state index contributed by atoms with van der Waals surface area (Å²) in [5.41, 5.74) is -0.419. The first-order chi connectivity index (χ1) is 10.1. The van der Waals surface area contributed by atoms with Crippen LogP contribution >= 0.6 is 0 Å². The topological polar surface area (TPSA) is 57.5 Å². The Kier molecular flexibility index (Phi) is 3.68. The van der Waals surface area contributed by atoms with Crippen molar-refractivity contribution in [2.24, 2.45) is 0 Å². The molecule has 0 amide bonds. The molecule has 0 radical (unpaired) electrons. The predicted octanol–water partition coefficient (Wildman–Crippen LogP) is 3.70. The molecule has 0 bridgehead atoms. The lowest BCUT2D eigenvalue weighted by Crippen LogP contribution is -2.42. The molecule has 2 N–H and O–H groups in total. The molecule has 1 atom stereocenters. The van der Waals surface area contributed by atoms with Crippen LogP contribution < -0.4 is 0 Å². The second-order valence-electron chi connectivity index (χ2n) is 6.04. The van der Waals surface area contributed by atoms with Crippen LogP contribution in [0.5, 0.6) is 0 Å². The number of hydrogen-bond donors (Lipinski definition) is 2. The van der Waals surface area contributed by atoms with Crippen LogP contribution in [0.2, 0.25) is 0 Å². The molecule has 110 valence electrons. The van der Waals surface area contributed by atoms with Crippen molar-refractivity contribution >= 4 is 16.7 Å². The molecule has 0 aliphatic heterocycles. The van der Waals surface area contributed by atoms with Crippen molar-refractivity contribution in [1.29, 1.82) is 0 Å². The van der Waals surface area contributed by atoms with E-state index in [1.54, 1.807) is 0 Å². The lowest BCUT2D eigenvalue weighted by Gasteiger charge is -2.37. The number of hydrogen-bond acceptors (Lipinski definition) is 2. The maximum atomic E-state index is 11.8. The van der Waals surface area contributed by atoms with Gasteiger partial charge in [-0.2, -0.15) is 0 Å². The van der Waals surface area contributed by atoms with E-state index in [1.807, 2.05) is 42.5 Å². The van der Waals surface area contributed by atoms with Crippen LogP contribution in [0.4, 0.5) is 0 Å². The van der Waals surface area contributed by atoms with Gasteiger partial charge in [0.2, 0.25) is 0 Å². The number of aliphatic carboxylic acids is 1. The number of aliphatic hydroxyl groups is 1. The fourth-order valence-corrected chi connectivity index (χ4v) is 3.52. The third-order valence-electron chi connectivity index (χ3n) is 4.61. The number of carboxylic acids is 1. The van der Waals surface area contributed by atoms with Gasteiger partial charge in [-0.3, -0.25) is 4.79 Å². The molecule has 0 aromatic heterocycles. The minimum absolute atomic E-state index is 0.566. The molecule has 3 nitrogen and oxygen atoms in total. The standard InChI is InChI=1S/C18H20O3/c19-17(20)16(18(21)10-4-1-5-11-18)15-9-8-13-6-2-3-7-14(13)12-15/h2-3,6-9,12,16,21H,1,4-5,10-11H2,(H,19,20)/t16-/m1/s1. The lowest BCUT2D eigenvalue weighted by atomic mass is 9.72. The third-order valence-corrected chi connectivity index (χ3v) is 4.61. The predicted molar refractivity (Wildman–Crippen MR) is 82.4 cm³/mol. The van der Waals surface area contributed by atoms with Crippen LogP contribution in [0.1, 0.15) is 43.6 Å². The summed E-state index contributed by atoms with van der Waals surface area (Å²) in [6, 6.07) is 13.6. The molecule has 0 heterocycles. The molecular formula is C18H20O3. The van der Waals surface area contributed by atoms with Gasteiger partial charge in [-0.25, -0.2) is 0 Å². The zero-order valence-electron chi connectivity index (χ0n) is 12.0. The molecule has 3 heteroatoms. The van der Waals surface area contributed by atoms with Gasteiger partial charge in [0, 0.05) is 0 Å². The van der Waals surface area contributed by atoms with E-state index in [9.17, 15) is 15.0 Å².